The van der Waals surface area contributed by atoms with Crippen LogP contribution in [0.4, 0.5) is 13.2 Å². The van der Waals surface area contributed by atoms with Crippen molar-refractivity contribution in [1.29, 1.82) is 0 Å². The third-order valence-corrected chi connectivity index (χ3v) is 3.25. The molecule has 0 aromatic heterocycles. The molecule has 0 saturated heterocycles. The fourth-order valence-electron chi connectivity index (χ4n) is 2.10. The molecule has 0 saturated carbocycles. The Labute approximate surface area is 132 Å². The molecule has 3 nitrogen and oxygen atoms in total. The van der Waals surface area contributed by atoms with Crippen LogP contribution in [0.25, 0.3) is 0 Å². The number of hydrogen-bond donors (Lipinski definition) is 0. The molecule has 0 aliphatic rings. The number of nitrogens with zero attached hydrogens (tertiary/aromatic N) is 1. The Morgan fingerprint density at radius 1 is 1.09 bits per heavy atom. The molecule has 0 fully saturated rings. The summed E-state index contributed by atoms with van der Waals surface area (Å²) in [6.45, 7) is 1.92. The third-order valence-electron chi connectivity index (χ3n) is 3.25. The van der Waals surface area contributed by atoms with Crippen LogP contribution in [0.5, 0.6) is 5.75 Å². The van der Waals surface area contributed by atoms with E-state index in [0.717, 1.165) is 5.56 Å². The molecule has 122 valence electrons. The average Bonchev–Trinajstić information content (AvgIpc) is 2.48. The fourth-order valence-corrected chi connectivity index (χ4v) is 2.10. The normalized spacial score (nSPS) is 11.2. The van der Waals surface area contributed by atoms with Gasteiger partial charge in [-0.15, -0.1) is 13.2 Å². The van der Waals surface area contributed by atoms with Gasteiger partial charge in [0.05, 0.1) is 0 Å². The average molecular weight is 323 g/mol. The van der Waals surface area contributed by atoms with Gasteiger partial charge in [0, 0.05) is 24.7 Å². The number of carbonyl (C=O) groups is 1. The van der Waals surface area contributed by atoms with Gasteiger partial charge in [0.15, 0.2) is 0 Å². The number of amides is 1. The van der Waals surface area contributed by atoms with Gasteiger partial charge in [0.2, 0.25) is 0 Å². The highest BCUT2D eigenvalue weighted by Gasteiger charge is 2.32. The van der Waals surface area contributed by atoms with E-state index in [4.69, 9.17) is 0 Å². The van der Waals surface area contributed by atoms with Crippen molar-refractivity contribution in [3.05, 3.63) is 65.2 Å². The van der Waals surface area contributed by atoms with E-state index < -0.39 is 6.36 Å². The summed E-state index contributed by atoms with van der Waals surface area (Å²) in [7, 11) is 1.53. The molecule has 0 unspecified atom stereocenters. The molecule has 0 N–H and O–H groups in total. The molecule has 6 heteroatoms. The van der Waals surface area contributed by atoms with Crippen LogP contribution in [0.2, 0.25) is 0 Å². The van der Waals surface area contributed by atoms with Crippen LogP contribution in [0.15, 0.2) is 48.5 Å². The van der Waals surface area contributed by atoms with E-state index in [1.54, 1.807) is 18.2 Å². The van der Waals surface area contributed by atoms with Crippen LogP contribution in [-0.4, -0.2) is 24.2 Å². The Morgan fingerprint density at radius 3 is 2.30 bits per heavy atom. The van der Waals surface area contributed by atoms with Crippen molar-refractivity contribution in [3.63, 3.8) is 0 Å². The summed E-state index contributed by atoms with van der Waals surface area (Å²) in [5.74, 6) is -0.574. The molecule has 0 atom stereocenters. The van der Waals surface area contributed by atoms with Gasteiger partial charge >= 0.3 is 6.36 Å². The third kappa shape index (κ3) is 4.74. The van der Waals surface area contributed by atoms with E-state index in [2.05, 4.69) is 4.74 Å². The van der Waals surface area contributed by atoms with Crippen molar-refractivity contribution >= 4 is 5.91 Å². The summed E-state index contributed by atoms with van der Waals surface area (Å²) in [4.78, 5) is 13.7. The minimum Gasteiger partial charge on any atom is -0.405 e. The Kier molecular flexibility index (Phi) is 4.93. The van der Waals surface area contributed by atoms with E-state index >= 15 is 0 Å². The SMILES string of the molecule is Cc1ccc(C(=O)N(C)Cc2ccccc2OC(F)(F)F)cc1. The number of hydrogen-bond acceptors (Lipinski definition) is 2. The lowest BCUT2D eigenvalue weighted by molar-refractivity contribution is -0.274. The first-order valence-electron chi connectivity index (χ1n) is 6.92. The lowest BCUT2D eigenvalue weighted by Gasteiger charge is -2.20. The lowest BCUT2D eigenvalue weighted by atomic mass is 10.1. The first-order chi connectivity index (χ1) is 10.8. The Bertz CT molecular complexity index is 681. The Morgan fingerprint density at radius 2 is 1.70 bits per heavy atom. The topological polar surface area (TPSA) is 29.5 Å². The van der Waals surface area contributed by atoms with Gasteiger partial charge in [-0.25, -0.2) is 0 Å². The quantitative estimate of drug-likeness (QED) is 0.845. The highest BCUT2D eigenvalue weighted by molar-refractivity contribution is 5.94. The van der Waals surface area contributed by atoms with Gasteiger partial charge < -0.3 is 9.64 Å². The molecule has 0 aliphatic carbocycles. The Balaban J connectivity index is 2.15. The smallest absolute Gasteiger partial charge is 0.405 e. The molecule has 2 rings (SSSR count). The number of alkyl halides is 3. The zero-order valence-corrected chi connectivity index (χ0v) is 12.7. The minimum atomic E-state index is -4.77. The number of halogens is 3. The van der Waals surface area contributed by atoms with Crippen LogP contribution in [0, 0.1) is 6.92 Å². The number of rotatable bonds is 4. The maximum Gasteiger partial charge on any atom is 0.573 e. The second-order valence-corrected chi connectivity index (χ2v) is 5.18. The van der Waals surface area contributed by atoms with Crippen molar-refractivity contribution in [2.75, 3.05) is 7.05 Å². The van der Waals surface area contributed by atoms with Gasteiger partial charge in [0.25, 0.3) is 5.91 Å². The van der Waals surface area contributed by atoms with Crippen molar-refractivity contribution < 1.29 is 22.7 Å². The summed E-state index contributed by atoms with van der Waals surface area (Å²) in [6.07, 6.45) is -4.77. The molecule has 23 heavy (non-hydrogen) atoms. The van der Waals surface area contributed by atoms with E-state index in [1.807, 2.05) is 19.1 Å². The molecular weight excluding hydrogens is 307 g/mol. The van der Waals surface area contributed by atoms with Crippen molar-refractivity contribution in [1.82, 2.24) is 4.90 Å². The van der Waals surface area contributed by atoms with E-state index in [1.165, 1.54) is 30.1 Å². The number of para-hydroxylation sites is 1. The molecule has 0 heterocycles. The van der Waals surface area contributed by atoms with Gasteiger partial charge in [-0.1, -0.05) is 35.9 Å². The standard InChI is InChI=1S/C17H16F3NO2/c1-12-7-9-13(10-8-12)16(22)21(2)11-14-5-3-4-6-15(14)23-17(18,19)20/h3-10H,11H2,1-2H3. The molecule has 0 spiro atoms. The predicted molar refractivity (Wildman–Crippen MR) is 80.1 cm³/mol. The monoisotopic (exact) mass is 323 g/mol. The van der Waals surface area contributed by atoms with Gasteiger partial charge in [-0.05, 0) is 25.1 Å². The summed E-state index contributed by atoms with van der Waals surface area (Å²) >= 11 is 0. The van der Waals surface area contributed by atoms with Crippen LogP contribution >= 0.6 is 0 Å². The van der Waals surface area contributed by atoms with Crippen molar-refractivity contribution in [3.8, 4) is 5.75 Å². The molecule has 0 radical (unpaired) electrons. The maximum absolute atomic E-state index is 12.4. The molecule has 1 amide bonds. The number of benzene rings is 2. The largest absolute Gasteiger partial charge is 0.573 e. The van der Waals surface area contributed by atoms with Crippen LogP contribution < -0.4 is 4.74 Å². The van der Waals surface area contributed by atoms with E-state index in [-0.39, 0.29) is 23.8 Å². The molecule has 0 bridgehead atoms. The highest BCUT2D eigenvalue weighted by atomic mass is 19.4. The fraction of sp³-hybridized carbons (Fsp3) is 0.235. The van der Waals surface area contributed by atoms with E-state index in [9.17, 15) is 18.0 Å². The zero-order chi connectivity index (χ0) is 17.0. The number of carbonyl (C=O) groups excluding carboxylic acids is 1. The number of aryl methyl sites for hydroxylation is 1. The molecule has 0 aliphatic heterocycles. The maximum atomic E-state index is 12.4. The minimum absolute atomic E-state index is 0.0129. The summed E-state index contributed by atoms with van der Waals surface area (Å²) < 4.78 is 41.2. The summed E-state index contributed by atoms with van der Waals surface area (Å²) in [5.41, 5.74) is 1.79. The van der Waals surface area contributed by atoms with Gasteiger partial charge in [0.1, 0.15) is 5.75 Å². The van der Waals surface area contributed by atoms with Crippen LogP contribution in [0.1, 0.15) is 21.5 Å². The second kappa shape index (κ2) is 6.73. The second-order valence-electron chi connectivity index (χ2n) is 5.18. The molecule has 2 aromatic rings. The predicted octanol–water partition coefficient (Wildman–Crippen LogP) is 4.17. The number of ether oxygens (including phenoxy) is 1. The van der Waals surface area contributed by atoms with E-state index in [0.29, 0.717) is 5.56 Å². The molecule has 2 aromatic carbocycles. The van der Waals surface area contributed by atoms with Crippen LogP contribution in [-0.2, 0) is 6.54 Å². The Hall–Kier alpha value is -2.50. The molecular formula is C17H16F3NO2. The van der Waals surface area contributed by atoms with Crippen LogP contribution in [0.3, 0.4) is 0 Å². The first kappa shape index (κ1) is 16.9. The summed E-state index contributed by atoms with van der Waals surface area (Å²) in [6, 6.07) is 12.8. The van der Waals surface area contributed by atoms with Crippen molar-refractivity contribution in [2.24, 2.45) is 0 Å². The summed E-state index contributed by atoms with van der Waals surface area (Å²) in [5, 5.41) is 0. The van der Waals surface area contributed by atoms with Crippen molar-refractivity contribution in [2.45, 2.75) is 19.8 Å². The first-order valence-corrected chi connectivity index (χ1v) is 6.92. The highest BCUT2D eigenvalue weighted by Crippen LogP contribution is 2.27. The lowest BCUT2D eigenvalue weighted by Crippen LogP contribution is -2.27. The van der Waals surface area contributed by atoms with Gasteiger partial charge in [-0.3, -0.25) is 4.79 Å². The zero-order valence-electron chi connectivity index (χ0n) is 12.7. The van der Waals surface area contributed by atoms with Gasteiger partial charge in [-0.2, -0.15) is 0 Å².